The summed E-state index contributed by atoms with van der Waals surface area (Å²) in [6.07, 6.45) is 27.7. The van der Waals surface area contributed by atoms with E-state index in [1.807, 2.05) is 0 Å². The molecule has 6 aliphatic rings. The van der Waals surface area contributed by atoms with Gasteiger partial charge in [0.2, 0.25) is 0 Å². The largest absolute Gasteiger partial charge is 0.316 e. The van der Waals surface area contributed by atoms with Gasteiger partial charge in [0.05, 0.1) is 0 Å². The van der Waals surface area contributed by atoms with Crippen LogP contribution in [0, 0.1) is 17.8 Å². The molecule has 4 aliphatic heterocycles. The van der Waals surface area contributed by atoms with Crippen molar-refractivity contribution in [3.05, 3.63) is 0 Å². The smallest absolute Gasteiger partial charge is 0.00109 e. The molecule has 0 radical (unpaired) electrons. The van der Waals surface area contributed by atoms with Gasteiger partial charge in [-0.25, -0.2) is 0 Å². The molecule has 4 heteroatoms. The van der Waals surface area contributed by atoms with Crippen molar-refractivity contribution in [2.75, 3.05) is 73.5 Å². The number of nitrogens with zero attached hydrogens (tertiary/aromatic N) is 3. The monoisotopic (exact) mass is 565 g/mol. The molecule has 2 saturated carbocycles. The summed E-state index contributed by atoms with van der Waals surface area (Å²) in [5, 5.41) is 3.16. The fourth-order valence-electron chi connectivity index (χ4n) is 6.20. The molecule has 0 aromatic rings. The highest BCUT2D eigenvalue weighted by Crippen LogP contribution is 2.22. The molecule has 2 aliphatic carbocycles. The highest BCUT2D eigenvalue weighted by molar-refractivity contribution is 4.68. The normalized spacial score (nSPS) is 25.4. The summed E-state index contributed by atoms with van der Waals surface area (Å²) >= 11 is 0. The zero-order chi connectivity index (χ0) is 29.3. The molecular weight excluding hydrogens is 488 g/mol. The van der Waals surface area contributed by atoms with Gasteiger partial charge in [0.25, 0.3) is 0 Å². The van der Waals surface area contributed by atoms with Crippen LogP contribution in [0.2, 0.25) is 0 Å². The number of likely N-dealkylation sites (tertiary alicyclic amines) is 3. The highest BCUT2D eigenvalue weighted by Gasteiger charge is 2.08. The van der Waals surface area contributed by atoms with Crippen molar-refractivity contribution in [2.24, 2.45) is 17.8 Å². The van der Waals surface area contributed by atoms with E-state index in [9.17, 15) is 0 Å². The summed E-state index contributed by atoms with van der Waals surface area (Å²) in [7, 11) is 6.58. The number of piperidine rings is 3. The fraction of sp³-hybridized carbons (Fsp3) is 1.00. The van der Waals surface area contributed by atoms with E-state index in [1.165, 1.54) is 174 Å². The van der Waals surface area contributed by atoms with E-state index in [4.69, 9.17) is 0 Å². The van der Waals surface area contributed by atoms with E-state index in [2.05, 4.69) is 61.9 Å². The lowest BCUT2D eigenvalue weighted by Crippen LogP contribution is -2.39. The molecule has 4 saturated heterocycles. The Kier molecular flexibility index (Phi) is 25.1. The molecule has 0 amide bonds. The minimum atomic E-state index is 0.954. The Labute approximate surface area is 253 Å². The SMILES string of the molecule is CC1CCCCC1.CC1CCCCC1.CC1CNC1.CN1CCCCC1.CN1CCCCC1.CN1CCCCC1. The molecule has 4 heterocycles. The first-order valence-corrected chi connectivity index (χ1v) is 18.1. The number of rotatable bonds is 0. The minimum Gasteiger partial charge on any atom is -0.316 e. The maximum absolute atomic E-state index is 3.16. The molecule has 240 valence electrons. The first-order chi connectivity index (χ1) is 19.4. The van der Waals surface area contributed by atoms with Crippen molar-refractivity contribution < 1.29 is 0 Å². The highest BCUT2D eigenvalue weighted by atomic mass is 15.1. The Morgan fingerprint density at radius 1 is 0.350 bits per heavy atom. The minimum absolute atomic E-state index is 0.954. The van der Waals surface area contributed by atoms with Crippen molar-refractivity contribution in [3.63, 3.8) is 0 Å². The second kappa shape index (κ2) is 26.5. The van der Waals surface area contributed by atoms with Gasteiger partial charge in [-0.05, 0) is 130 Å². The summed E-state index contributed by atoms with van der Waals surface area (Å²) in [4.78, 5) is 7.18. The van der Waals surface area contributed by atoms with Gasteiger partial charge in [-0.15, -0.1) is 0 Å². The number of hydrogen-bond acceptors (Lipinski definition) is 4. The van der Waals surface area contributed by atoms with Gasteiger partial charge in [0.15, 0.2) is 0 Å². The Bertz CT molecular complexity index is 400. The topological polar surface area (TPSA) is 21.8 Å². The third kappa shape index (κ3) is 24.4. The summed E-state index contributed by atoms with van der Waals surface area (Å²) < 4.78 is 0. The van der Waals surface area contributed by atoms with Crippen molar-refractivity contribution in [1.82, 2.24) is 20.0 Å². The van der Waals surface area contributed by atoms with Crippen molar-refractivity contribution in [2.45, 2.75) is 143 Å². The summed E-state index contributed by atoms with van der Waals surface area (Å²) in [5.74, 6) is 3.03. The summed E-state index contributed by atoms with van der Waals surface area (Å²) in [6.45, 7) is 17.4. The molecular formula is C36H76N4. The number of hydrogen-bond donors (Lipinski definition) is 1. The predicted molar refractivity (Wildman–Crippen MR) is 181 cm³/mol. The van der Waals surface area contributed by atoms with E-state index in [-0.39, 0.29) is 0 Å². The van der Waals surface area contributed by atoms with Gasteiger partial charge >= 0.3 is 0 Å². The van der Waals surface area contributed by atoms with Crippen LogP contribution in [0.15, 0.2) is 0 Å². The van der Waals surface area contributed by atoms with Crippen LogP contribution in [0.3, 0.4) is 0 Å². The standard InChI is InChI=1S/2C7H14.3C6H13N.C4H9N/c5*1-7-5-3-2-4-6-7;1-4-2-5-3-4/h2*7H,2-6H2,1H3;3*2-6H2,1H3;4-5H,2-3H2,1H3. The molecule has 0 unspecified atom stereocenters. The summed E-state index contributed by atoms with van der Waals surface area (Å²) in [5.41, 5.74) is 0. The lowest BCUT2D eigenvalue weighted by molar-refractivity contribution is 0.277. The van der Waals surface area contributed by atoms with E-state index >= 15 is 0 Å². The van der Waals surface area contributed by atoms with Crippen molar-refractivity contribution >= 4 is 0 Å². The molecule has 0 aromatic heterocycles. The average Bonchev–Trinajstić information content (AvgIpc) is 2.96. The van der Waals surface area contributed by atoms with Crippen molar-refractivity contribution in [1.29, 1.82) is 0 Å². The maximum atomic E-state index is 3.16. The van der Waals surface area contributed by atoms with Gasteiger partial charge in [0, 0.05) is 0 Å². The van der Waals surface area contributed by atoms with Gasteiger partial charge in [-0.3, -0.25) is 0 Å². The molecule has 6 rings (SSSR count). The Morgan fingerprint density at radius 2 is 0.575 bits per heavy atom. The number of nitrogens with one attached hydrogen (secondary N) is 1. The Balaban J connectivity index is 0.000000241. The molecule has 40 heavy (non-hydrogen) atoms. The van der Waals surface area contributed by atoms with Crippen LogP contribution in [-0.2, 0) is 0 Å². The van der Waals surface area contributed by atoms with E-state index < -0.39 is 0 Å². The van der Waals surface area contributed by atoms with Crippen LogP contribution < -0.4 is 5.32 Å². The molecule has 0 aromatic carbocycles. The molecule has 1 N–H and O–H groups in total. The van der Waals surface area contributed by atoms with Gasteiger partial charge in [0.1, 0.15) is 0 Å². The average molecular weight is 565 g/mol. The van der Waals surface area contributed by atoms with Gasteiger partial charge < -0.3 is 20.0 Å². The zero-order valence-electron chi connectivity index (χ0n) is 28.7. The molecule has 0 spiro atoms. The van der Waals surface area contributed by atoms with Gasteiger partial charge in [-0.2, -0.15) is 0 Å². The van der Waals surface area contributed by atoms with E-state index in [1.54, 1.807) is 0 Å². The van der Waals surface area contributed by atoms with Crippen LogP contribution >= 0.6 is 0 Å². The Morgan fingerprint density at radius 3 is 0.675 bits per heavy atom. The lowest BCUT2D eigenvalue weighted by Gasteiger charge is -2.21. The molecule has 6 fully saturated rings. The van der Waals surface area contributed by atoms with Crippen LogP contribution in [0.25, 0.3) is 0 Å². The van der Waals surface area contributed by atoms with E-state index in [0.29, 0.717) is 0 Å². The fourth-order valence-corrected chi connectivity index (χ4v) is 6.20. The molecule has 0 atom stereocenters. The second-order valence-corrected chi connectivity index (χ2v) is 14.3. The van der Waals surface area contributed by atoms with Crippen molar-refractivity contribution in [3.8, 4) is 0 Å². The zero-order valence-corrected chi connectivity index (χ0v) is 28.7. The first kappa shape index (κ1) is 37.9. The maximum Gasteiger partial charge on any atom is -0.00109 e. The quantitative estimate of drug-likeness (QED) is 0.317. The second-order valence-electron chi connectivity index (χ2n) is 14.3. The van der Waals surface area contributed by atoms with E-state index in [0.717, 1.165) is 17.8 Å². The third-order valence-electron chi connectivity index (χ3n) is 9.51. The molecule has 4 nitrogen and oxygen atoms in total. The van der Waals surface area contributed by atoms with Crippen LogP contribution in [0.5, 0.6) is 0 Å². The van der Waals surface area contributed by atoms with Crippen LogP contribution in [0.1, 0.15) is 143 Å². The Hall–Kier alpha value is -0.160. The molecule has 0 bridgehead atoms. The first-order valence-electron chi connectivity index (χ1n) is 18.1. The lowest BCUT2D eigenvalue weighted by atomic mass is 9.91. The van der Waals surface area contributed by atoms with Crippen LogP contribution in [-0.4, -0.2) is 88.2 Å². The van der Waals surface area contributed by atoms with Crippen LogP contribution in [0.4, 0.5) is 0 Å². The third-order valence-corrected chi connectivity index (χ3v) is 9.51. The predicted octanol–water partition coefficient (Wildman–Crippen LogP) is 8.71. The summed E-state index contributed by atoms with van der Waals surface area (Å²) in [6, 6.07) is 0. The van der Waals surface area contributed by atoms with Gasteiger partial charge in [-0.1, -0.05) is 104 Å².